The van der Waals surface area contributed by atoms with E-state index in [1.54, 1.807) is 31.4 Å². The molecule has 0 bridgehead atoms. The molecule has 0 aliphatic carbocycles. The van der Waals surface area contributed by atoms with Gasteiger partial charge >= 0.3 is 4.87 Å². The lowest BCUT2D eigenvalue weighted by molar-refractivity contribution is 0.1000. The van der Waals surface area contributed by atoms with Crippen molar-refractivity contribution in [2.75, 3.05) is 27.2 Å². The summed E-state index contributed by atoms with van der Waals surface area (Å²) in [5, 5.41) is 8.29. The molecule has 0 unspecified atom stereocenters. The number of ether oxygens (including phenoxy) is 2. The van der Waals surface area contributed by atoms with Crippen LogP contribution in [-0.4, -0.2) is 53.2 Å². The molecule has 1 fully saturated rings. The Kier molecular flexibility index (Phi) is 8.47. The maximum Gasteiger partial charge on any atom is 0.322 e. The lowest BCUT2D eigenvalue weighted by Gasteiger charge is -2.06. The van der Waals surface area contributed by atoms with E-state index in [0.717, 1.165) is 40.0 Å². The zero-order chi connectivity index (χ0) is 25.5. The van der Waals surface area contributed by atoms with E-state index in [1.807, 2.05) is 30.3 Å². The Morgan fingerprint density at radius 1 is 1.17 bits per heavy atom. The third kappa shape index (κ3) is 6.56. The van der Waals surface area contributed by atoms with Crippen molar-refractivity contribution < 1.29 is 14.3 Å². The van der Waals surface area contributed by atoms with E-state index in [1.165, 1.54) is 22.7 Å². The maximum atomic E-state index is 11.1. The Balaban J connectivity index is 0.000000211. The molecule has 11 heteroatoms. The summed E-state index contributed by atoms with van der Waals surface area (Å²) >= 11 is 2.77. The smallest absolute Gasteiger partial charge is 0.322 e. The first-order valence-electron chi connectivity index (χ1n) is 11.3. The summed E-state index contributed by atoms with van der Waals surface area (Å²) in [4.78, 5) is 29.5. The molecular formula is C25H27N5O4S2. The molecule has 0 saturated carbocycles. The van der Waals surface area contributed by atoms with Gasteiger partial charge in [0.2, 0.25) is 11.8 Å². The van der Waals surface area contributed by atoms with Gasteiger partial charge in [0.25, 0.3) is 0 Å². The Morgan fingerprint density at radius 3 is 2.50 bits per heavy atom. The van der Waals surface area contributed by atoms with E-state index >= 15 is 0 Å². The summed E-state index contributed by atoms with van der Waals surface area (Å²) in [6, 6.07) is 16.6. The van der Waals surface area contributed by atoms with Gasteiger partial charge in [-0.25, -0.2) is 10.1 Å². The number of rotatable bonds is 7. The van der Waals surface area contributed by atoms with E-state index in [-0.39, 0.29) is 4.87 Å². The minimum absolute atomic E-state index is 0.0421. The van der Waals surface area contributed by atoms with Crippen molar-refractivity contribution in [2.24, 2.45) is 5.73 Å². The van der Waals surface area contributed by atoms with Gasteiger partial charge in [-0.2, -0.15) is 5.10 Å². The number of aromatic amines is 1. The molecule has 1 aliphatic heterocycles. The number of likely N-dealkylation sites (N-methyl/N-ethyl adjacent to an activating group) is 1. The number of nitrogens with one attached hydrogen (secondary N) is 1. The average molecular weight is 526 g/mol. The highest BCUT2D eigenvalue weighted by atomic mass is 32.1. The quantitative estimate of drug-likeness (QED) is 0.377. The molecule has 2 aromatic carbocycles. The molecule has 1 atom stereocenters. The summed E-state index contributed by atoms with van der Waals surface area (Å²) in [6.07, 6.45) is 1.12. The lowest BCUT2D eigenvalue weighted by Crippen LogP contribution is -2.13. The maximum absolute atomic E-state index is 11.1. The number of primary amides is 1. The molecule has 0 spiro atoms. The first kappa shape index (κ1) is 25.5. The summed E-state index contributed by atoms with van der Waals surface area (Å²) in [6.45, 7) is 2.48. The van der Waals surface area contributed by atoms with Crippen LogP contribution in [0.4, 0.5) is 0 Å². The summed E-state index contributed by atoms with van der Waals surface area (Å²) in [7, 11) is 3.68. The van der Waals surface area contributed by atoms with Crippen molar-refractivity contribution in [3.05, 3.63) is 79.7 Å². The van der Waals surface area contributed by atoms with Gasteiger partial charge in [-0.3, -0.25) is 9.59 Å². The van der Waals surface area contributed by atoms with E-state index < -0.39 is 5.91 Å². The molecule has 0 radical (unpaired) electrons. The number of amides is 1. The second-order valence-corrected chi connectivity index (χ2v) is 10.3. The molecule has 9 nitrogen and oxygen atoms in total. The summed E-state index contributed by atoms with van der Waals surface area (Å²) in [5.41, 5.74) is 6.71. The molecule has 5 rings (SSSR count). The molecule has 1 aliphatic rings. The van der Waals surface area contributed by atoms with E-state index in [0.29, 0.717) is 29.7 Å². The molecule has 3 heterocycles. The van der Waals surface area contributed by atoms with Crippen molar-refractivity contribution >= 4 is 28.6 Å². The lowest BCUT2D eigenvalue weighted by atomic mass is 10.1. The van der Waals surface area contributed by atoms with Crippen molar-refractivity contribution in [1.82, 2.24) is 20.1 Å². The predicted molar refractivity (Wildman–Crippen MR) is 141 cm³/mol. The van der Waals surface area contributed by atoms with Crippen molar-refractivity contribution in [3.8, 4) is 22.2 Å². The topological polar surface area (TPSA) is 123 Å². The Labute approximate surface area is 216 Å². The van der Waals surface area contributed by atoms with Gasteiger partial charge < -0.3 is 20.1 Å². The number of nitrogens with two attached hydrogens (primary N) is 1. The fraction of sp³-hybridized carbons (Fsp3) is 0.280. The van der Waals surface area contributed by atoms with E-state index in [9.17, 15) is 9.59 Å². The summed E-state index contributed by atoms with van der Waals surface area (Å²) < 4.78 is 11.1. The molecular weight excluding hydrogens is 498 g/mol. The van der Waals surface area contributed by atoms with Gasteiger partial charge in [0.1, 0.15) is 27.2 Å². The van der Waals surface area contributed by atoms with Crippen LogP contribution in [0, 0.1) is 0 Å². The first-order chi connectivity index (χ1) is 17.4. The van der Waals surface area contributed by atoms with Crippen molar-refractivity contribution in [3.63, 3.8) is 0 Å². The molecule has 36 heavy (non-hydrogen) atoms. The van der Waals surface area contributed by atoms with Crippen LogP contribution < -0.4 is 20.1 Å². The number of hydrogen-bond donors (Lipinski definition) is 2. The summed E-state index contributed by atoms with van der Waals surface area (Å²) in [5.74, 6) is 1.22. The predicted octanol–water partition coefficient (Wildman–Crippen LogP) is 3.75. The Morgan fingerprint density at radius 2 is 1.92 bits per heavy atom. The second kappa shape index (κ2) is 11.9. The molecule has 1 amide bonds. The number of H-pyrrole nitrogens is 1. The van der Waals surface area contributed by atoms with Gasteiger partial charge in [0.15, 0.2) is 0 Å². The normalized spacial score (nSPS) is 15.2. The highest BCUT2D eigenvalue weighted by Gasteiger charge is 2.23. The van der Waals surface area contributed by atoms with E-state index in [2.05, 4.69) is 27.1 Å². The van der Waals surface area contributed by atoms with Gasteiger partial charge in [-0.05, 0) is 44.3 Å². The van der Waals surface area contributed by atoms with Gasteiger partial charge in [0, 0.05) is 23.6 Å². The zero-order valence-corrected chi connectivity index (χ0v) is 21.6. The third-order valence-corrected chi connectivity index (χ3v) is 7.55. The fourth-order valence-corrected chi connectivity index (χ4v) is 5.39. The number of nitrogens with zero attached hydrogens (tertiary/aromatic N) is 3. The number of likely N-dealkylation sites (tertiary alicyclic amines) is 1. The Bertz CT molecular complexity index is 1330. The number of benzene rings is 2. The molecule has 188 valence electrons. The fourth-order valence-electron chi connectivity index (χ4n) is 3.71. The number of methoxy groups -OCH3 is 1. The third-order valence-electron chi connectivity index (χ3n) is 5.58. The van der Waals surface area contributed by atoms with Crippen LogP contribution in [0.15, 0.2) is 59.4 Å². The second-order valence-electron chi connectivity index (χ2n) is 8.19. The molecule has 1 saturated heterocycles. The Hall–Kier alpha value is -3.54. The van der Waals surface area contributed by atoms with Gasteiger partial charge in [-0.15, -0.1) is 11.3 Å². The number of hydrogen-bond acceptors (Lipinski definition) is 9. The van der Waals surface area contributed by atoms with Crippen LogP contribution in [-0.2, 0) is 6.61 Å². The van der Waals surface area contributed by atoms with Crippen LogP contribution in [0.1, 0.15) is 32.6 Å². The number of carbonyl (C=O) groups excluding carboxylic acids is 1. The molecule has 3 N–H and O–H groups in total. The standard InChI is InChI=1S/C18H16N2O3S.C7H11N3OS/c1-22-17-15(24-18(20-17)13-5-3-2-4-6-13)11-23-14-9-7-12(8-10-14)16(19)21;1-10-3-2-5(4-10)6-8-9-7(11)12-6/h2-10H,11H2,1H3,(H2,19,21);5H,2-4H2,1H3,(H,9,11)/t;5-/m.1/s1. The highest BCUT2D eigenvalue weighted by molar-refractivity contribution is 7.15. The van der Waals surface area contributed by atoms with Crippen molar-refractivity contribution in [1.29, 1.82) is 0 Å². The largest absolute Gasteiger partial charge is 0.488 e. The highest BCUT2D eigenvalue weighted by Crippen LogP contribution is 2.33. The molecule has 4 aromatic rings. The monoisotopic (exact) mass is 525 g/mol. The van der Waals surface area contributed by atoms with Crippen LogP contribution in [0.3, 0.4) is 0 Å². The first-order valence-corrected chi connectivity index (χ1v) is 12.9. The van der Waals surface area contributed by atoms with Crippen LogP contribution >= 0.6 is 22.7 Å². The zero-order valence-electron chi connectivity index (χ0n) is 20.0. The van der Waals surface area contributed by atoms with Crippen LogP contribution in [0.2, 0.25) is 0 Å². The SMILES string of the molecule is CN1CC[C@@H](c2n[nH]c(=O)s2)C1.COc1nc(-c2ccccc2)sc1COc1ccc(C(N)=O)cc1. The van der Waals surface area contributed by atoms with Crippen LogP contribution in [0.25, 0.3) is 10.6 Å². The number of carbonyl (C=O) groups is 1. The van der Waals surface area contributed by atoms with Gasteiger partial charge in [0.05, 0.1) is 7.11 Å². The number of thiazole rings is 1. The van der Waals surface area contributed by atoms with Crippen LogP contribution in [0.5, 0.6) is 11.6 Å². The minimum Gasteiger partial charge on any atom is -0.488 e. The minimum atomic E-state index is -0.460. The number of aromatic nitrogens is 3. The average Bonchev–Trinajstić information content (AvgIpc) is 3.63. The van der Waals surface area contributed by atoms with E-state index in [4.69, 9.17) is 15.2 Å². The van der Waals surface area contributed by atoms with Crippen molar-refractivity contribution in [2.45, 2.75) is 18.9 Å². The molecule has 2 aromatic heterocycles. The van der Waals surface area contributed by atoms with Gasteiger partial charge in [-0.1, -0.05) is 41.7 Å².